The second-order valence-corrected chi connectivity index (χ2v) is 7.68. The van der Waals surface area contributed by atoms with Gasteiger partial charge in [-0.1, -0.05) is 27.2 Å². The van der Waals surface area contributed by atoms with Crippen molar-refractivity contribution in [3.8, 4) is 0 Å². The number of nitrogens with zero attached hydrogens (tertiary/aromatic N) is 1. The highest BCUT2D eigenvalue weighted by atomic mass is 16.5. The first-order valence-corrected chi connectivity index (χ1v) is 8.34. The molecule has 1 rings (SSSR count). The quantitative estimate of drug-likeness (QED) is 0.810. The van der Waals surface area contributed by atoms with Gasteiger partial charge in [-0.15, -0.1) is 0 Å². The third kappa shape index (κ3) is 5.34. The molecule has 3 unspecified atom stereocenters. The van der Waals surface area contributed by atoms with Gasteiger partial charge in [0.25, 0.3) is 0 Å². The lowest BCUT2D eigenvalue weighted by molar-refractivity contribution is -0.0325. The average Bonchev–Trinajstić information content (AvgIpc) is 2.37. The number of hydrogen-bond donors (Lipinski definition) is 1. The van der Waals surface area contributed by atoms with Gasteiger partial charge in [0.1, 0.15) is 0 Å². The minimum Gasteiger partial charge on any atom is -0.375 e. The summed E-state index contributed by atoms with van der Waals surface area (Å²) in [7, 11) is 0. The first kappa shape index (κ1) is 17.9. The van der Waals surface area contributed by atoms with Crippen molar-refractivity contribution in [2.45, 2.75) is 78.5 Å². The van der Waals surface area contributed by atoms with Crippen LogP contribution in [0.25, 0.3) is 0 Å². The van der Waals surface area contributed by atoms with E-state index >= 15 is 0 Å². The molecule has 1 N–H and O–H groups in total. The molecule has 0 aromatic heterocycles. The third-order valence-corrected chi connectivity index (χ3v) is 4.75. The van der Waals surface area contributed by atoms with Crippen LogP contribution in [-0.2, 0) is 4.74 Å². The van der Waals surface area contributed by atoms with Gasteiger partial charge < -0.3 is 10.1 Å². The molecule has 0 aromatic rings. The lowest BCUT2D eigenvalue weighted by atomic mass is 9.88. The summed E-state index contributed by atoms with van der Waals surface area (Å²) < 4.78 is 5.93. The Bertz CT molecular complexity index is 287. The van der Waals surface area contributed by atoms with Gasteiger partial charge in [0, 0.05) is 31.2 Å². The summed E-state index contributed by atoms with van der Waals surface area (Å²) in [6, 6.07) is 0.642. The zero-order chi connectivity index (χ0) is 15.4. The predicted octanol–water partition coefficient (Wildman–Crippen LogP) is 3.29. The van der Waals surface area contributed by atoms with Gasteiger partial charge >= 0.3 is 0 Å². The smallest absolute Gasteiger partial charge is 0.0600 e. The average molecular weight is 284 g/mol. The monoisotopic (exact) mass is 284 g/mol. The predicted molar refractivity (Wildman–Crippen MR) is 87.2 cm³/mol. The molecule has 0 bridgehead atoms. The molecule has 0 aliphatic carbocycles. The SMILES string of the molecule is CCC(C)C1CNC(C)(CC)CN1CCOC(C)(C)C. The van der Waals surface area contributed by atoms with Crippen molar-refractivity contribution in [3.63, 3.8) is 0 Å². The molecule has 120 valence electrons. The molecule has 1 aliphatic rings. The van der Waals surface area contributed by atoms with Gasteiger partial charge in [-0.05, 0) is 40.0 Å². The van der Waals surface area contributed by atoms with Crippen LogP contribution in [0.4, 0.5) is 0 Å². The maximum Gasteiger partial charge on any atom is 0.0600 e. The highest BCUT2D eigenvalue weighted by Gasteiger charge is 2.36. The molecule has 0 amide bonds. The fraction of sp³-hybridized carbons (Fsp3) is 1.00. The number of piperazine rings is 1. The zero-order valence-corrected chi connectivity index (χ0v) is 14.8. The van der Waals surface area contributed by atoms with E-state index in [4.69, 9.17) is 4.74 Å². The van der Waals surface area contributed by atoms with Crippen molar-refractivity contribution in [2.75, 3.05) is 26.2 Å². The summed E-state index contributed by atoms with van der Waals surface area (Å²) in [5, 5.41) is 3.76. The van der Waals surface area contributed by atoms with E-state index in [1.165, 1.54) is 12.8 Å². The fourth-order valence-electron chi connectivity index (χ4n) is 2.89. The minimum atomic E-state index is -0.0338. The maximum absolute atomic E-state index is 5.93. The Morgan fingerprint density at radius 3 is 2.50 bits per heavy atom. The van der Waals surface area contributed by atoms with Crippen molar-refractivity contribution in [2.24, 2.45) is 5.92 Å². The third-order valence-electron chi connectivity index (χ3n) is 4.75. The lowest BCUT2D eigenvalue weighted by Crippen LogP contribution is -2.64. The molecule has 1 aliphatic heterocycles. The van der Waals surface area contributed by atoms with Crippen LogP contribution in [0.5, 0.6) is 0 Å². The van der Waals surface area contributed by atoms with E-state index < -0.39 is 0 Å². The van der Waals surface area contributed by atoms with Crippen molar-refractivity contribution in [1.29, 1.82) is 0 Å². The van der Waals surface area contributed by atoms with Crippen molar-refractivity contribution >= 4 is 0 Å². The van der Waals surface area contributed by atoms with Gasteiger partial charge in [-0.2, -0.15) is 0 Å². The molecule has 3 atom stereocenters. The number of rotatable bonds is 6. The second-order valence-electron chi connectivity index (χ2n) is 7.68. The van der Waals surface area contributed by atoms with Crippen molar-refractivity contribution in [3.05, 3.63) is 0 Å². The molecule has 0 aromatic carbocycles. The highest BCUT2D eigenvalue weighted by Crippen LogP contribution is 2.24. The van der Waals surface area contributed by atoms with Crippen LogP contribution in [0, 0.1) is 5.92 Å². The Hall–Kier alpha value is -0.120. The Labute approximate surface area is 126 Å². The number of ether oxygens (including phenoxy) is 1. The molecular formula is C17H36N2O. The Morgan fingerprint density at radius 2 is 2.00 bits per heavy atom. The summed E-state index contributed by atoms with van der Waals surface area (Å²) in [6.45, 7) is 19.8. The van der Waals surface area contributed by atoms with E-state index in [1.54, 1.807) is 0 Å². The van der Waals surface area contributed by atoms with Gasteiger partial charge in [-0.25, -0.2) is 0 Å². The lowest BCUT2D eigenvalue weighted by Gasteiger charge is -2.48. The van der Waals surface area contributed by atoms with Crippen LogP contribution in [0.1, 0.15) is 61.3 Å². The first-order valence-electron chi connectivity index (χ1n) is 8.34. The standard InChI is InChI=1S/C17H36N2O/c1-8-14(3)15-12-18-17(7,9-2)13-19(15)10-11-20-16(4,5)6/h14-15,18H,8-13H2,1-7H3. The largest absolute Gasteiger partial charge is 0.375 e. The summed E-state index contributed by atoms with van der Waals surface area (Å²) in [6.07, 6.45) is 2.42. The van der Waals surface area contributed by atoms with Crippen LogP contribution >= 0.6 is 0 Å². The summed E-state index contributed by atoms with van der Waals surface area (Å²) >= 11 is 0. The molecule has 1 heterocycles. The molecule has 3 nitrogen and oxygen atoms in total. The summed E-state index contributed by atoms with van der Waals surface area (Å²) in [5.41, 5.74) is 0.222. The molecule has 0 radical (unpaired) electrons. The molecule has 3 heteroatoms. The molecule has 1 saturated heterocycles. The van der Waals surface area contributed by atoms with Crippen molar-refractivity contribution in [1.82, 2.24) is 10.2 Å². The van der Waals surface area contributed by atoms with E-state index in [-0.39, 0.29) is 11.1 Å². The van der Waals surface area contributed by atoms with Gasteiger partial charge in [-0.3, -0.25) is 4.90 Å². The van der Waals surface area contributed by atoms with Crippen LogP contribution in [-0.4, -0.2) is 48.3 Å². The van der Waals surface area contributed by atoms with Gasteiger partial charge in [0.15, 0.2) is 0 Å². The zero-order valence-electron chi connectivity index (χ0n) is 14.8. The normalized spacial score (nSPS) is 30.4. The molecular weight excluding hydrogens is 248 g/mol. The summed E-state index contributed by atoms with van der Waals surface area (Å²) in [4.78, 5) is 2.65. The van der Waals surface area contributed by atoms with Crippen LogP contribution in [0.15, 0.2) is 0 Å². The van der Waals surface area contributed by atoms with E-state index in [2.05, 4.69) is 58.7 Å². The van der Waals surface area contributed by atoms with E-state index in [0.29, 0.717) is 6.04 Å². The highest BCUT2D eigenvalue weighted by molar-refractivity contribution is 4.95. The molecule has 0 saturated carbocycles. The molecule has 1 fully saturated rings. The Balaban J connectivity index is 2.62. The topological polar surface area (TPSA) is 24.5 Å². The van der Waals surface area contributed by atoms with Crippen molar-refractivity contribution < 1.29 is 4.74 Å². The molecule has 20 heavy (non-hydrogen) atoms. The van der Waals surface area contributed by atoms with E-state index in [0.717, 1.165) is 32.2 Å². The van der Waals surface area contributed by atoms with E-state index in [1.807, 2.05) is 0 Å². The Morgan fingerprint density at radius 1 is 1.35 bits per heavy atom. The number of nitrogens with one attached hydrogen (secondary N) is 1. The first-order chi connectivity index (χ1) is 9.21. The summed E-state index contributed by atoms with van der Waals surface area (Å²) in [5.74, 6) is 0.735. The van der Waals surface area contributed by atoms with Crippen LogP contribution in [0.3, 0.4) is 0 Å². The molecule has 0 spiro atoms. The van der Waals surface area contributed by atoms with E-state index in [9.17, 15) is 0 Å². The van der Waals surface area contributed by atoms with Crippen LogP contribution < -0.4 is 5.32 Å². The van der Waals surface area contributed by atoms with Gasteiger partial charge in [0.05, 0.1) is 12.2 Å². The van der Waals surface area contributed by atoms with Gasteiger partial charge in [0.2, 0.25) is 0 Å². The minimum absolute atomic E-state index is 0.0338. The maximum atomic E-state index is 5.93. The Kier molecular flexibility index (Phi) is 6.49. The second kappa shape index (κ2) is 7.24. The number of hydrogen-bond acceptors (Lipinski definition) is 3. The van der Waals surface area contributed by atoms with Crippen LogP contribution in [0.2, 0.25) is 0 Å². The fourth-order valence-corrected chi connectivity index (χ4v) is 2.89.